The Balaban J connectivity index is 1.64. The van der Waals surface area contributed by atoms with Crippen LogP contribution < -0.4 is 10.6 Å². The van der Waals surface area contributed by atoms with Crippen LogP contribution in [0.5, 0.6) is 0 Å². The van der Waals surface area contributed by atoms with Gasteiger partial charge in [-0.3, -0.25) is 9.59 Å². The molecule has 3 rings (SSSR count). The third kappa shape index (κ3) is 4.49. The van der Waals surface area contributed by atoms with Crippen LogP contribution in [0.4, 0.5) is 17.1 Å². The van der Waals surface area contributed by atoms with E-state index in [2.05, 4.69) is 10.6 Å². The third-order valence-electron chi connectivity index (χ3n) is 3.81. The molecule has 130 valence electrons. The average Bonchev–Trinajstić information content (AvgIpc) is 2.64. The Bertz CT molecular complexity index is 935. The van der Waals surface area contributed by atoms with Gasteiger partial charge in [0.05, 0.1) is 0 Å². The molecule has 5 heteroatoms. The van der Waals surface area contributed by atoms with Gasteiger partial charge in [-0.1, -0.05) is 17.7 Å². The molecule has 0 saturated carbocycles. The number of Topliss-reactive ketones (excluding diaryl/α,β-unsaturated/α-hetero) is 1. The summed E-state index contributed by atoms with van der Waals surface area (Å²) in [6.45, 7) is 1.54. The van der Waals surface area contributed by atoms with E-state index in [1.807, 2.05) is 36.4 Å². The van der Waals surface area contributed by atoms with E-state index in [0.717, 1.165) is 11.4 Å². The molecule has 0 heterocycles. The van der Waals surface area contributed by atoms with Crippen molar-refractivity contribution in [3.63, 3.8) is 0 Å². The standard InChI is InChI=1S/C21H17ClN2O2/c1-14(25)15-5-7-18(8-6-15)23-19-9-11-20(12-10-19)24-21(26)16-3-2-4-17(22)13-16/h2-13,23H,1H3,(H,24,26). The highest BCUT2D eigenvalue weighted by atomic mass is 35.5. The molecule has 0 fully saturated rings. The van der Waals surface area contributed by atoms with E-state index in [4.69, 9.17) is 11.6 Å². The molecule has 0 bridgehead atoms. The van der Waals surface area contributed by atoms with Gasteiger partial charge in [0, 0.05) is 33.2 Å². The number of hydrogen-bond acceptors (Lipinski definition) is 3. The maximum Gasteiger partial charge on any atom is 0.255 e. The Hall–Kier alpha value is -3.11. The molecular weight excluding hydrogens is 348 g/mol. The first kappa shape index (κ1) is 17.7. The minimum atomic E-state index is -0.215. The van der Waals surface area contributed by atoms with Crippen molar-refractivity contribution >= 4 is 40.4 Å². The molecule has 0 unspecified atom stereocenters. The fraction of sp³-hybridized carbons (Fsp3) is 0.0476. The Morgan fingerprint density at radius 1 is 0.769 bits per heavy atom. The molecule has 4 nitrogen and oxygen atoms in total. The van der Waals surface area contributed by atoms with E-state index in [9.17, 15) is 9.59 Å². The Kier molecular flexibility index (Phi) is 5.34. The molecule has 0 aliphatic heterocycles. The topological polar surface area (TPSA) is 58.2 Å². The van der Waals surface area contributed by atoms with Gasteiger partial charge >= 0.3 is 0 Å². The van der Waals surface area contributed by atoms with Gasteiger partial charge in [0.2, 0.25) is 0 Å². The highest BCUT2D eigenvalue weighted by molar-refractivity contribution is 6.31. The van der Waals surface area contributed by atoms with Gasteiger partial charge in [-0.2, -0.15) is 0 Å². The van der Waals surface area contributed by atoms with Gasteiger partial charge in [-0.25, -0.2) is 0 Å². The zero-order chi connectivity index (χ0) is 18.5. The number of carbonyl (C=O) groups is 2. The number of anilines is 3. The van der Waals surface area contributed by atoms with Crippen LogP contribution in [0, 0.1) is 0 Å². The predicted molar refractivity (Wildman–Crippen MR) is 106 cm³/mol. The lowest BCUT2D eigenvalue weighted by molar-refractivity contribution is 0.101. The first-order chi connectivity index (χ1) is 12.5. The number of carbonyl (C=O) groups excluding carboxylic acids is 2. The van der Waals surface area contributed by atoms with Crippen LogP contribution in [-0.4, -0.2) is 11.7 Å². The third-order valence-corrected chi connectivity index (χ3v) is 4.04. The predicted octanol–water partition coefficient (Wildman–Crippen LogP) is 5.54. The van der Waals surface area contributed by atoms with Crippen LogP contribution in [0.2, 0.25) is 5.02 Å². The van der Waals surface area contributed by atoms with Crippen LogP contribution in [0.3, 0.4) is 0 Å². The van der Waals surface area contributed by atoms with Crippen LogP contribution in [0.25, 0.3) is 0 Å². The van der Waals surface area contributed by atoms with Crippen LogP contribution >= 0.6 is 11.6 Å². The first-order valence-corrected chi connectivity index (χ1v) is 8.44. The summed E-state index contributed by atoms with van der Waals surface area (Å²) in [6, 6.07) is 21.4. The van der Waals surface area contributed by atoms with Gasteiger partial charge in [-0.15, -0.1) is 0 Å². The van der Waals surface area contributed by atoms with Gasteiger partial charge in [0.25, 0.3) is 5.91 Å². The summed E-state index contributed by atoms with van der Waals surface area (Å²) in [7, 11) is 0. The molecule has 0 aliphatic carbocycles. The number of halogens is 1. The zero-order valence-electron chi connectivity index (χ0n) is 14.1. The maximum atomic E-state index is 12.2. The van der Waals surface area contributed by atoms with Crippen molar-refractivity contribution in [3.8, 4) is 0 Å². The molecule has 0 atom stereocenters. The quantitative estimate of drug-likeness (QED) is 0.584. The first-order valence-electron chi connectivity index (χ1n) is 8.06. The molecule has 2 N–H and O–H groups in total. The van der Waals surface area contributed by atoms with E-state index < -0.39 is 0 Å². The van der Waals surface area contributed by atoms with E-state index in [1.54, 1.807) is 43.3 Å². The molecule has 0 radical (unpaired) electrons. The van der Waals surface area contributed by atoms with Crippen molar-refractivity contribution in [1.29, 1.82) is 0 Å². The Labute approximate surface area is 156 Å². The van der Waals surface area contributed by atoms with E-state index in [-0.39, 0.29) is 11.7 Å². The van der Waals surface area contributed by atoms with Crippen molar-refractivity contribution in [3.05, 3.63) is 88.9 Å². The average molecular weight is 365 g/mol. The molecule has 3 aromatic rings. The van der Waals surface area contributed by atoms with E-state index in [0.29, 0.717) is 21.8 Å². The number of amides is 1. The monoisotopic (exact) mass is 364 g/mol. The second-order valence-corrected chi connectivity index (χ2v) is 6.24. The largest absolute Gasteiger partial charge is 0.356 e. The van der Waals surface area contributed by atoms with Gasteiger partial charge < -0.3 is 10.6 Å². The Morgan fingerprint density at radius 3 is 1.92 bits per heavy atom. The minimum Gasteiger partial charge on any atom is -0.356 e. The molecule has 26 heavy (non-hydrogen) atoms. The van der Waals surface area contributed by atoms with Crippen molar-refractivity contribution in [2.45, 2.75) is 6.92 Å². The summed E-state index contributed by atoms with van der Waals surface area (Å²) in [5.74, 6) is -0.177. The molecule has 0 spiro atoms. The highest BCUT2D eigenvalue weighted by Gasteiger charge is 2.06. The van der Waals surface area contributed by atoms with Gasteiger partial charge in [-0.05, 0) is 73.7 Å². The number of ketones is 1. The summed E-state index contributed by atoms with van der Waals surface area (Å²) in [6.07, 6.45) is 0. The van der Waals surface area contributed by atoms with Crippen LogP contribution in [0.1, 0.15) is 27.6 Å². The molecule has 0 aliphatic rings. The number of benzene rings is 3. The second-order valence-electron chi connectivity index (χ2n) is 5.80. The molecule has 1 amide bonds. The Morgan fingerprint density at radius 2 is 1.35 bits per heavy atom. The summed E-state index contributed by atoms with van der Waals surface area (Å²) in [5, 5.41) is 6.60. The van der Waals surface area contributed by atoms with Crippen molar-refractivity contribution in [2.24, 2.45) is 0 Å². The van der Waals surface area contributed by atoms with Gasteiger partial charge in [0.15, 0.2) is 5.78 Å². The summed E-state index contributed by atoms with van der Waals surface area (Å²) >= 11 is 5.91. The van der Waals surface area contributed by atoms with Crippen LogP contribution in [-0.2, 0) is 0 Å². The maximum absolute atomic E-state index is 12.2. The lowest BCUT2D eigenvalue weighted by Crippen LogP contribution is -2.11. The fourth-order valence-electron chi connectivity index (χ4n) is 2.42. The minimum absolute atomic E-state index is 0.0383. The fourth-order valence-corrected chi connectivity index (χ4v) is 2.62. The van der Waals surface area contributed by atoms with Crippen molar-refractivity contribution < 1.29 is 9.59 Å². The molecule has 3 aromatic carbocycles. The van der Waals surface area contributed by atoms with Crippen LogP contribution in [0.15, 0.2) is 72.8 Å². The van der Waals surface area contributed by atoms with E-state index in [1.165, 1.54) is 0 Å². The molecular formula is C21H17ClN2O2. The molecule has 0 aromatic heterocycles. The number of rotatable bonds is 5. The van der Waals surface area contributed by atoms with Gasteiger partial charge in [0.1, 0.15) is 0 Å². The zero-order valence-corrected chi connectivity index (χ0v) is 14.9. The SMILES string of the molecule is CC(=O)c1ccc(Nc2ccc(NC(=O)c3cccc(Cl)c3)cc2)cc1. The van der Waals surface area contributed by atoms with E-state index >= 15 is 0 Å². The number of nitrogens with one attached hydrogen (secondary N) is 2. The second kappa shape index (κ2) is 7.85. The van der Waals surface area contributed by atoms with Crippen molar-refractivity contribution in [2.75, 3.05) is 10.6 Å². The molecule has 0 saturated heterocycles. The summed E-state index contributed by atoms with van der Waals surface area (Å²) in [4.78, 5) is 23.5. The summed E-state index contributed by atoms with van der Waals surface area (Å²) in [5.41, 5.74) is 3.62. The lowest BCUT2D eigenvalue weighted by atomic mass is 10.1. The summed E-state index contributed by atoms with van der Waals surface area (Å²) < 4.78 is 0. The number of hydrogen-bond donors (Lipinski definition) is 2. The smallest absolute Gasteiger partial charge is 0.255 e. The highest BCUT2D eigenvalue weighted by Crippen LogP contribution is 2.20. The van der Waals surface area contributed by atoms with Crippen molar-refractivity contribution in [1.82, 2.24) is 0 Å². The lowest BCUT2D eigenvalue weighted by Gasteiger charge is -2.09. The normalized spacial score (nSPS) is 10.2.